The molecular weight excluding hydrogens is 554 g/mol. The molecule has 1 saturated heterocycles. The van der Waals surface area contributed by atoms with E-state index in [1.165, 1.54) is 30.5 Å². The molecule has 1 aliphatic heterocycles. The number of benzene rings is 1. The van der Waals surface area contributed by atoms with Crippen molar-refractivity contribution in [3.8, 4) is 0 Å². The summed E-state index contributed by atoms with van der Waals surface area (Å²) >= 11 is 0. The van der Waals surface area contributed by atoms with Crippen LogP contribution in [-0.4, -0.2) is 50.0 Å². The van der Waals surface area contributed by atoms with Crippen molar-refractivity contribution in [1.29, 1.82) is 5.41 Å². The van der Waals surface area contributed by atoms with Crippen LogP contribution in [0.25, 0.3) is 6.08 Å². The number of nitrogens with zero attached hydrogens (tertiary/aromatic N) is 3. The number of imidazole rings is 1. The second-order valence-corrected chi connectivity index (χ2v) is 10.2. The summed E-state index contributed by atoms with van der Waals surface area (Å²) in [6, 6.07) is 7.05. The zero-order valence-electron chi connectivity index (χ0n) is 23.2. The van der Waals surface area contributed by atoms with Gasteiger partial charge in [-0.1, -0.05) is 19.1 Å². The van der Waals surface area contributed by atoms with Gasteiger partial charge in [0, 0.05) is 49.5 Å². The second kappa shape index (κ2) is 13.1. The summed E-state index contributed by atoms with van der Waals surface area (Å²) in [7, 11) is 0. The third-order valence-electron chi connectivity index (χ3n) is 7.45. The first-order valence-electron chi connectivity index (χ1n) is 13.7. The van der Waals surface area contributed by atoms with Gasteiger partial charge in [-0.05, 0) is 55.7 Å². The highest BCUT2D eigenvalue weighted by molar-refractivity contribution is 5.98. The van der Waals surface area contributed by atoms with Crippen LogP contribution >= 0.6 is 0 Å². The first-order valence-corrected chi connectivity index (χ1v) is 13.7. The molecule has 224 valence electrons. The molecule has 4 N–H and O–H groups in total. The number of aromatic nitrogens is 4. The molecule has 0 bridgehead atoms. The maximum atomic E-state index is 13.7. The lowest BCUT2D eigenvalue weighted by Gasteiger charge is -2.30. The summed E-state index contributed by atoms with van der Waals surface area (Å²) in [6.45, 7) is 3.86. The van der Waals surface area contributed by atoms with Gasteiger partial charge in [-0.25, -0.2) is 9.37 Å². The third-order valence-corrected chi connectivity index (χ3v) is 7.45. The van der Waals surface area contributed by atoms with E-state index in [1.807, 2.05) is 13.8 Å². The fourth-order valence-corrected chi connectivity index (χ4v) is 5.18. The molecule has 2 amide bonds. The molecule has 3 aromatic rings. The van der Waals surface area contributed by atoms with Gasteiger partial charge in [0.1, 0.15) is 17.3 Å². The average molecular weight is 588 g/mol. The van der Waals surface area contributed by atoms with Crippen LogP contribution in [0.15, 0.2) is 48.8 Å². The number of rotatable bonds is 11. The van der Waals surface area contributed by atoms with Crippen LogP contribution in [0, 0.1) is 23.1 Å². The number of halogens is 4. The SMILES string of the molecule is CC[C@@H](c1ccc(F)cc1)[C@H](NC(=O)c1ccnn1CC)c1c[nH]c(/C=C\C(=N)CC2C[C@@H](C(F)(F)F)CNC2=O)n1. The Morgan fingerprint density at radius 1 is 1.24 bits per heavy atom. The maximum absolute atomic E-state index is 13.7. The van der Waals surface area contributed by atoms with E-state index in [4.69, 9.17) is 5.41 Å². The molecule has 1 aliphatic rings. The molecule has 4 rings (SSSR count). The maximum Gasteiger partial charge on any atom is 0.393 e. The van der Waals surface area contributed by atoms with Gasteiger partial charge < -0.3 is 21.0 Å². The zero-order chi connectivity index (χ0) is 30.4. The van der Waals surface area contributed by atoms with Crippen LogP contribution in [0.5, 0.6) is 0 Å². The van der Waals surface area contributed by atoms with E-state index in [2.05, 4.69) is 25.7 Å². The van der Waals surface area contributed by atoms with Crippen molar-refractivity contribution < 1.29 is 27.2 Å². The van der Waals surface area contributed by atoms with E-state index in [1.54, 1.807) is 29.1 Å². The number of aromatic amines is 1. The molecule has 13 heteroatoms. The summed E-state index contributed by atoms with van der Waals surface area (Å²) in [5.74, 6) is -3.74. The predicted octanol–water partition coefficient (Wildman–Crippen LogP) is 5.17. The number of amides is 2. The number of aryl methyl sites for hydroxylation is 1. The lowest BCUT2D eigenvalue weighted by atomic mass is 9.86. The van der Waals surface area contributed by atoms with Crippen LogP contribution in [0.4, 0.5) is 17.6 Å². The van der Waals surface area contributed by atoms with Crippen molar-refractivity contribution in [3.05, 3.63) is 77.4 Å². The number of H-pyrrole nitrogens is 1. The highest BCUT2D eigenvalue weighted by Gasteiger charge is 2.44. The van der Waals surface area contributed by atoms with Gasteiger partial charge in [-0.15, -0.1) is 0 Å². The second-order valence-electron chi connectivity index (χ2n) is 10.2. The molecule has 0 saturated carbocycles. The van der Waals surface area contributed by atoms with Gasteiger partial charge in [0.05, 0.1) is 17.7 Å². The lowest BCUT2D eigenvalue weighted by molar-refractivity contribution is -0.183. The van der Waals surface area contributed by atoms with Crippen LogP contribution in [0.2, 0.25) is 0 Å². The van der Waals surface area contributed by atoms with Gasteiger partial charge in [0.25, 0.3) is 5.91 Å². The van der Waals surface area contributed by atoms with Crippen molar-refractivity contribution in [2.75, 3.05) is 6.54 Å². The molecule has 1 fully saturated rings. The molecule has 1 unspecified atom stereocenters. The molecule has 3 heterocycles. The Kier molecular flexibility index (Phi) is 9.59. The highest BCUT2D eigenvalue weighted by Crippen LogP contribution is 2.35. The summed E-state index contributed by atoms with van der Waals surface area (Å²) in [4.78, 5) is 33.0. The fraction of sp³-hybridized carbons (Fsp3) is 0.414. The number of hydrogen-bond donors (Lipinski definition) is 4. The Hall–Kier alpha value is -4.29. The predicted molar refractivity (Wildman–Crippen MR) is 148 cm³/mol. The average Bonchev–Trinajstić information content (AvgIpc) is 3.63. The van der Waals surface area contributed by atoms with Gasteiger partial charge in [0.15, 0.2) is 0 Å². The number of nitrogens with one attached hydrogen (secondary N) is 4. The molecular formula is C29H33F4N7O2. The standard InChI is InChI=1S/C29H33F4N7O2/c1-3-22(17-5-7-20(30)8-6-17)26(39-28(42)24-11-12-37-40(24)4-2)23-16-35-25(38-23)10-9-21(34)14-18-13-19(29(31,32)33)15-36-27(18)41/h5-12,16,18-19,22,26,34H,3-4,13-15H2,1-2H3,(H,35,38)(H,36,41)(H,39,42)/b10-9-,34-21?/t18?,19-,22+,26+/m1/s1. The van der Waals surface area contributed by atoms with E-state index in [0.717, 1.165) is 5.56 Å². The number of piperidine rings is 1. The Morgan fingerprint density at radius 3 is 2.64 bits per heavy atom. The van der Waals surface area contributed by atoms with Crippen LogP contribution in [0.1, 0.15) is 72.6 Å². The van der Waals surface area contributed by atoms with E-state index in [0.29, 0.717) is 30.2 Å². The summed E-state index contributed by atoms with van der Waals surface area (Å²) < 4.78 is 54.7. The fourth-order valence-electron chi connectivity index (χ4n) is 5.18. The van der Waals surface area contributed by atoms with Crippen molar-refractivity contribution in [3.63, 3.8) is 0 Å². The smallest absolute Gasteiger partial charge is 0.355 e. The molecule has 1 aromatic carbocycles. The number of hydrogen-bond acceptors (Lipinski definition) is 5. The Morgan fingerprint density at radius 2 is 1.98 bits per heavy atom. The Bertz CT molecular complexity index is 1430. The number of alkyl halides is 3. The van der Waals surface area contributed by atoms with Crippen molar-refractivity contribution in [2.24, 2.45) is 11.8 Å². The first-order chi connectivity index (χ1) is 20.0. The molecule has 0 aliphatic carbocycles. The monoisotopic (exact) mass is 587 g/mol. The normalized spacial score (nSPS) is 19.0. The van der Waals surface area contributed by atoms with Crippen molar-refractivity contribution in [1.82, 2.24) is 30.4 Å². The molecule has 2 aromatic heterocycles. The van der Waals surface area contributed by atoms with Crippen LogP contribution in [0.3, 0.4) is 0 Å². The van der Waals surface area contributed by atoms with Crippen LogP contribution in [-0.2, 0) is 11.3 Å². The Labute approximate surface area is 240 Å². The zero-order valence-corrected chi connectivity index (χ0v) is 23.2. The van der Waals surface area contributed by atoms with Gasteiger partial charge >= 0.3 is 6.18 Å². The number of allylic oxidation sites excluding steroid dienone is 1. The molecule has 42 heavy (non-hydrogen) atoms. The molecule has 0 radical (unpaired) electrons. The molecule has 9 nitrogen and oxygen atoms in total. The number of carbonyl (C=O) groups excluding carboxylic acids is 2. The van der Waals surface area contributed by atoms with Crippen molar-refractivity contribution >= 4 is 23.6 Å². The van der Waals surface area contributed by atoms with E-state index >= 15 is 0 Å². The topological polar surface area (TPSA) is 129 Å². The van der Waals surface area contributed by atoms with E-state index in [9.17, 15) is 27.2 Å². The highest BCUT2D eigenvalue weighted by atomic mass is 19.4. The van der Waals surface area contributed by atoms with Gasteiger partial charge in [0.2, 0.25) is 5.91 Å². The van der Waals surface area contributed by atoms with Crippen molar-refractivity contribution in [2.45, 2.75) is 57.8 Å². The Balaban J connectivity index is 1.53. The lowest BCUT2D eigenvalue weighted by Crippen LogP contribution is -2.46. The molecule has 0 spiro atoms. The third kappa shape index (κ3) is 7.31. The van der Waals surface area contributed by atoms with E-state index < -0.39 is 36.5 Å². The molecule has 4 atom stereocenters. The van der Waals surface area contributed by atoms with Crippen LogP contribution < -0.4 is 10.6 Å². The summed E-state index contributed by atoms with van der Waals surface area (Å²) in [6.07, 6.45) is 1.72. The van der Waals surface area contributed by atoms with Gasteiger partial charge in [-0.2, -0.15) is 18.3 Å². The van der Waals surface area contributed by atoms with Gasteiger partial charge in [-0.3, -0.25) is 14.3 Å². The summed E-state index contributed by atoms with van der Waals surface area (Å²) in [5, 5.41) is 17.7. The summed E-state index contributed by atoms with van der Waals surface area (Å²) in [5.41, 5.74) is 1.65. The number of carbonyl (C=O) groups is 2. The first kappa shape index (κ1) is 30.7. The quantitative estimate of drug-likeness (QED) is 0.182. The van der Waals surface area contributed by atoms with E-state index in [-0.39, 0.29) is 36.2 Å². The minimum Gasteiger partial charge on any atom is -0.355 e. The minimum atomic E-state index is -4.42. The minimum absolute atomic E-state index is 0.0219. The largest absolute Gasteiger partial charge is 0.393 e.